The first-order valence-electron chi connectivity index (χ1n) is 11.9. The Kier molecular flexibility index (Phi) is 5.35. The van der Waals surface area contributed by atoms with Crippen molar-refractivity contribution >= 4 is 23.4 Å². The lowest BCUT2D eigenvalue weighted by Crippen LogP contribution is -2.58. The summed E-state index contributed by atoms with van der Waals surface area (Å²) in [6, 6.07) is 6.42. The highest BCUT2D eigenvalue weighted by atomic mass is 19.3. The maximum absolute atomic E-state index is 14.8. The first kappa shape index (κ1) is 23.9. The molecule has 12 heteroatoms. The number of hydrogen-bond acceptors (Lipinski definition) is 6. The van der Waals surface area contributed by atoms with E-state index < -0.39 is 47.7 Å². The third-order valence-corrected chi connectivity index (χ3v) is 7.66. The van der Waals surface area contributed by atoms with Crippen molar-refractivity contribution in [3.63, 3.8) is 0 Å². The maximum Gasteiger partial charge on any atom is 0.264 e. The van der Waals surface area contributed by atoms with E-state index in [1.165, 1.54) is 6.20 Å². The Bertz CT molecular complexity index is 1300. The van der Waals surface area contributed by atoms with Crippen LogP contribution in [0.2, 0.25) is 0 Å². The van der Waals surface area contributed by atoms with Gasteiger partial charge in [-0.1, -0.05) is 6.07 Å². The average Bonchev–Trinajstić information content (AvgIpc) is 3.79. The van der Waals surface area contributed by atoms with Gasteiger partial charge in [-0.05, 0) is 31.2 Å². The van der Waals surface area contributed by atoms with E-state index in [9.17, 15) is 31.9 Å². The Morgan fingerprint density at radius 3 is 2.70 bits per heavy atom. The number of rotatable bonds is 7. The molecule has 4 heterocycles. The van der Waals surface area contributed by atoms with Crippen molar-refractivity contribution in [2.24, 2.45) is 11.8 Å². The molecule has 2 aliphatic heterocycles. The van der Waals surface area contributed by atoms with Gasteiger partial charge in [0.1, 0.15) is 18.0 Å². The van der Waals surface area contributed by atoms with Crippen molar-refractivity contribution < 1.29 is 31.9 Å². The highest BCUT2D eigenvalue weighted by Gasteiger charge is 2.59. The van der Waals surface area contributed by atoms with E-state index in [0.717, 1.165) is 11.1 Å². The molecule has 3 atom stereocenters. The molecule has 4 aliphatic rings. The first-order chi connectivity index (χ1) is 17.6. The molecule has 0 radical (unpaired) electrons. The molecule has 0 aromatic carbocycles. The molecule has 2 saturated carbocycles. The summed E-state index contributed by atoms with van der Waals surface area (Å²) in [4.78, 5) is 24.4. The van der Waals surface area contributed by atoms with Crippen molar-refractivity contribution in [2.75, 3.05) is 29.6 Å². The smallest absolute Gasteiger partial charge is 0.264 e. The number of anilines is 3. The first-order valence-corrected chi connectivity index (χ1v) is 11.9. The van der Waals surface area contributed by atoms with Gasteiger partial charge in [0.05, 0.1) is 17.4 Å². The second-order valence-corrected chi connectivity index (χ2v) is 10.2. The second kappa shape index (κ2) is 8.28. The van der Waals surface area contributed by atoms with Crippen LogP contribution in [0.1, 0.15) is 24.8 Å². The standard InChI is InChI=1S/C25H22F5N5O2/c26-11-25(23(29)30,15-2-3-15)33-22(36)14-5-13-1-4-19(34-10-16-7-24(16,37)12-34)32-20(13)35(9-14)21-18(28)6-17(27)8-31-21/h6,8-9,15-16,23,37H,2-3,5,7,10-12H2,(H,33,36). The lowest BCUT2D eigenvalue weighted by molar-refractivity contribution is -0.123. The van der Waals surface area contributed by atoms with Gasteiger partial charge in [-0.2, -0.15) is 0 Å². The van der Waals surface area contributed by atoms with E-state index in [1.807, 2.05) is 4.90 Å². The molecule has 7 nitrogen and oxygen atoms in total. The van der Waals surface area contributed by atoms with Gasteiger partial charge in [0.25, 0.3) is 6.43 Å². The van der Waals surface area contributed by atoms with Crippen LogP contribution in [-0.4, -0.2) is 58.3 Å². The number of nitrogens with zero attached hydrogens (tertiary/aromatic N) is 4. The van der Waals surface area contributed by atoms with Crippen LogP contribution in [0.15, 0.2) is 24.0 Å². The molecule has 194 valence electrons. The number of halogens is 5. The average molecular weight is 519 g/mol. The molecule has 1 amide bonds. The molecule has 3 unspecified atom stereocenters. The lowest BCUT2D eigenvalue weighted by Gasteiger charge is -2.33. The molecule has 0 bridgehead atoms. The van der Waals surface area contributed by atoms with Crippen LogP contribution in [0.25, 0.3) is 0 Å². The molecule has 2 aromatic rings. The topological polar surface area (TPSA) is 81.6 Å². The minimum atomic E-state index is -3.12. The third kappa shape index (κ3) is 3.96. The van der Waals surface area contributed by atoms with E-state index in [0.29, 0.717) is 49.8 Å². The number of piperidine rings is 1. The van der Waals surface area contributed by atoms with Gasteiger partial charge in [0.15, 0.2) is 23.3 Å². The molecule has 2 aliphatic carbocycles. The predicted octanol–water partition coefficient (Wildman–Crippen LogP) is 3.00. The summed E-state index contributed by atoms with van der Waals surface area (Å²) in [5.74, 6) is -3.35. The van der Waals surface area contributed by atoms with Gasteiger partial charge < -0.3 is 15.3 Å². The fraction of sp³-hybridized carbons (Fsp3) is 0.480. The number of aromatic nitrogens is 2. The van der Waals surface area contributed by atoms with Gasteiger partial charge >= 0.3 is 0 Å². The number of fused-ring (bicyclic) bond motifs is 2. The number of β-amino-alcohol motifs (C(OH)–C–C–N with tert-alkyl or cyclic N) is 1. The van der Waals surface area contributed by atoms with Gasteiger partial charge in [-0.3, -0.25) is 9.69 Å². The Balaban J connectivity index is 1.36. The Morgan fingerprint density at radius 2 is 2.08 bits per heavy atom. The van der Waals surface area contributed by atoms with Gasteiger partial charge in [0, 0.05) is 43.3 Å². The minimum Gasteiger partial charge on any atom is -0.388 e. The molecule has 37 heavy (non-hydrogen) atoms. The fourth-order valence-electron chi connectivity index (χ4n) is 5.24. The number of nitrogens with one attached hydrogen (secondary N) is 1. The summed E-state index contributed by atoms with van der Waals surface area (Å²) in [7, 11) is 0. The summed E-state index contributed by atoms with van der Waals surface area (Å²) in [6.07, 6.45) is 0.181. The van der Waals surface area contributed by atoms with E-state index >= 15 is 0 Å². The number of hydrogen-bond donors (Lipinski definition) is 2. The van der Waals surface area contributed by atoms with Crippen LogP contribution < -0.4 is 15.1 Å². The highest BCUT2D eigenvalue weighted by molar-refractivity contribution is 5.96. The SMILES string of the molecule is O=C(NC(CF)(C(F)F)C1CC1)C1=CN(c2ncc(F)cc2F)c2nc(N3CC4CC4(O)C3)c#cc2C1. The molecule has 2 N–H and O–H groups in total. The Labute approximate surface area is 209 Å². The zero-order valence-electron chi connectivity index (χ0n) is 19.4. The van der Waals surface area contributed by atoms with E-state index in [1.54, 1.807) is 0 Å². The molecule has 6 rings (SSSR count). The van der Waals surface area contributed by atoms with Crippen molar-refractivity contribution in [3.05, 3.63) is 53.4 Å². The third-order valence-electron chi connectivity index (χ3n) is 7.66. The number of amides is 1. The van der Waals surface area contributed by atoms with Crippen LogP contribution in [-0.2, 0) is 11.2 Å². The molecule has 0 spiro atoms. The lowest BCUT2D eigenvalue weighted by atomic mass is 9.93. The Morgan fingerprint density at radius 1 is 1.30 bits per heavy atom. The summed E-state index contributed by atoms with van der Waals surface area (Å²) < 4.78 is 70.0. The molecule has 3 fully saturated rings. The highest BCUT2D eigenvalue weighted by Crippen LogP contribution is 2.50. The molecular formula is C25H22F5N5O2. The fourth-order valence-corrected chi connectivity index (χ4v) is 5.24. The van der Waals surface area contributed by atoms with E-state index in [2.05, 4.69) is 27.4 Å². The molecule has 2 aromatic heterocycles. The van der Waals surface area contributed by atoms with Crippen molar-refractivity contribution in [1.82, 2.24) is 15.3 Å². The van der Waals surface area contributed by atoms with Crippen molar-refractivity contribution in [2.45, 2.75) is 43.2 Å². The van der Waals surface area contributed by atoms with Crippen LogP contribution in [0.5, 0.6) is 0 Å². The largest absolute Gasteiger partial charge is 0.388 e. The molecule has 1 saturated heterocycles. The zero-order valence-corrected chi connectivity index (χ0v) is 19.4. The van der Waals surface area contributed by atoms with E-state index in [-0.39, 0.29) is 29.5 Å². The van der Waals surface area contributed by atoms with Crippen LogP contribution in [0.3, 0.4) is 0 Å². The van der Waals surface area contributed by atoms with Crippen LogP contribution >= 0.6 is 0 Å². The zero-order chi connectivity index (χ0) is 26.1. The molecular weight excluding hydrogens is 497 g/mol. The van der Waals surface area contributed by atoms with Gasteiger partial charge in [-0.15, -0.1) is 0 Å². The quantitative estimate of drug-likeness (QED) is 0.548. The van der Waals surface area contributed by atoms with Crippen LogP contribution in [0, 0.1) is 35.6 Å². The number of pyridine rings is 1. The van der Waals surface area contributed by atoms with Crippen molar-refractivity contribution in [3.8, 4) is 0 Å². The predicted molar refractivity (Wildman–Crippen MR) is 121 cm³/mol. The number of carbonyl (C=O) groups excluding carboxylic acids is 1. The summed E-state index contributed by atoms with van der Waals surface area (Å²) in [5, 5.41) is 12.6. The van der Waals surface area contributed by atoms with Crippen LogP contribution in [0.4, 0.5) is 39.4 Å². The van der Waals surface area contributed by atoms with Gasteiger partial charge in [-0.25, -0.2) is 31.9 Å². The number of carbonyl (C=O) groups is 1. The second-order valence-electron chi connectivity index (χ2n) is 10.2. The summed E-state index contributed by atoms with van der Waals surface area (Å²) in [5.41, 5.74) is -2.86. The van der Waals surface area contributed by atoms with E-state index in [4.69, 9.17) is 0 Å². The number of alkyl halides is 3. The van der Waals surface area contributed by atoms with Crippen molar-refractivity contribution in [1.29, 1.82) is 0 Å². The van der Waals surface area contributed by atoms with Gasteiger partial charge in [0.2, 0.25) is 5.91 Å². The Hall–Kier alpha value is -3.46. The minimum absolute atomic E-state index is 0.0759. The number of aliphatic hydroxyl groups is 1. The monoisotopic (exact) mass is 519 g/mol. The summed E-state index contributed by atoms with van der Waals surface area (Å²) in [6.45, 7) is -0.531. The maximum atomic E-state index is 14.8. The normalized spacial score (nSPS) is 25.7. The summed E-state index contributed by atoms with van der Waals surface area (Å²) >= 11 is 0.